The summed E-state index contributed by atoms with van der Waals surface area (Å²) < 4.78 is 19.9. The molecule has 0 spiro atoms. The molecule has 0 aromatic heterocycles. The molecular formula is C34H50BrNO3. The first-order chi connectivity index (χ1) is 18.7. The van der Waals surface area contributed by atoms with E-state index in [9.17, 15) is 0 Å². The van der Waals surface area contributed by atoms with Gasteiger partial charge in [-0.2, -0.15) is 0 Å². The van der Waals surface area contributed by atoms with E-state index in [1.165, 1.54) is 85.8 Å². The highest BCUT2D eigenvalue weighted by Crippen LogP contribution is 2.39. The van der Waals surface area contributed by atoms with Crippen LogP contribution in [0.25, 0.3) is 6.08 Å². The van der Waals surface area contributed by atoms with Crippen molar-refractivity contribution in [3.05, 3.63) is 58.7 Å². The maximum atomic E-state index is 5.92. The van der Waals surface area contributed by atoms with Gasteiger partial charge in [-0.3, -0.25) is 0 Å². The molecule has 216 valence electrons. The van der Waals surface area contributed by atoms with Crippen LogP contribution in [0, 0.1) is 0 Å². The van der Waals surface area contributed by atoms with E-state index in [1.54, 1.807) is 21.3 Å². The number of hydrogen-bond acceptors (Lipinski definition) is 3. The number of fused-ring (bicyclic) bond motifs is 1. The van der Waals surface area contributed by atoms with Gasteiger partial charge in [0.2, 0.25) is 0 Å². The lowest BCUT2D eigenvalue weighted by molar-refractivity contribution is -0.545. The summed E-state index contributed by atoms with van der Waals surface area (Å²) in [5, 5.41) is 0. The summed E-state index contributed by atoms with van der Waals surface area (Å²) in [6, 6.07) is 10.7. The van der Waals surface area contributed by atoms with E-state index in [2.05, 4.69) is 54.8 Å². The fourth-order valence-electron chi connectivity index (χ4n) is 5.56. The molecule has 0 fully saturated rings. The van der Waals surface area contributed by atoms with Crippen LogP contribution in [0.15, 0.2) is 36.4 Å². The number of nitrogens with zero attached hydrogens (tertiary/aromatic N) is 1. The number of allylic oxidation sites excluding steroid dienone is 1. The zero-order valence-electron chi connectivity index (χ0n) is 25.0. The number of ether oxygens (including phenoxy) is 3. The van der Waals surface area contributed by atoms with Crippen molar-refractivity contribution in [2.45, 2.75) is 97.4 Å². The molecule has 0 radical (unpaired) electrons. The summed E-state index contributed by atoms with van der Waals surface area (Å²) in [5.74, 6) is 2.60. The van der Waals surface area contributed by atoms with Gasteiger partial charge in [-0.25, -0.2) is 4.58 Å². The molecule has 2 aromatic carbocycles. The molecule has 0 saturated heterocycles. The third-order valence-corrected chi connectivity index (χ3v) is 7.68. The first-order valence-corrected chi connectivity index (χ1v) is 14.8. The quantitative estimate of drug-likeness (QED) is 0.175. The van der Waals surface area contributed by atoms with Gasteiger partial charge in [-0.05, 0) is 43.0 Å². The van der Waals surface area contributed by atoms with Gasteiger partial charge in [0.15, 0.2) is 23.8 Å². The molecule has 1 heterocycles. The summed E-state index contributed by atoms with van der Waals surface area (Å²) in [7, 11) is 5.26. The van der Waals surface area contributed by atoms with Crippen molar-refractivity contribution in [2.24, 2.45) is 0 Å². The minimum absolute atomic E-state index is 0. The average Bonchev–Trinajstić information content (AvgIpc) is 2.95. The summed E-state index contributed by atoms with van der Waals surface area (Å²) in [4.78, 5) is 0. The molecule has 4 nitrogen and oxygen atoms in total. The van der Waals surface area contributed by atoms with E-state index < -0.39 is 0 Å². The molecule has 1 aliphatic rings. The molecule has 1 aliphatic heterocycles. The largest absolute Gasteiger partial charge is 1.00 e. The molecule has 0 saturated carbocycles. The van der Waals surface area contributed by atoms with Gasteiger partial charge in [0.05, 0.1) is 21.3 Å². The Hall–Kier alpha value is -2.27. The van der Waals surface area contributed by atoms with E-state index in [4.69, 9.17) is 14.2 Å². The minimum atomic E-state index is 0. The predicted molar refractivity (Wildman–Crippen MR) is 160 cm³/mol. The van der Waals surface area contributed by atoms with E-state index in [0.29, 0.717) is 0 Å². The summed E-state index contributed by atoms with van der Waals surface area (Å²) in [6.45, 7) is 6.43. The van der Waals surface area contributed by atoms with Gasteiger partial charge in [0, 0.05) is 29.5 Å². The third-order valence-electron chi connectivity index (χ3n) is 7.68. The number of halogens is 1. The highest BCUT2D eigenvalue weighted by molar-refractivity contribution is 6.00. The topological polar surface area (TPSA) is 30.7 Å². The summed E-state index contributed by atoms with van der Waals surface area (Å²) >= 11 is 0. The molecule has 0 aliphatic carbocycles. The first kappa shape index (κ1) is 32.9. The normalized spacial score (nSPS) is 12.8. The highest BCUT2D eigenvalue weighted by atomic mass is 79.9. The van der Waals surface area contributed by atoms with E-state index in [0.717, 1.165) is 49.6 Å². The van der Waals surface area contributed by atoms with Gasteiger partial charge < -0.3 is 31.2 Å². The van der Waals surface area contributed by atoms with Crippen LogP contribution in [-0.4, -0.2) is 38.2 Å². The standard InChI is InChI=1S/C34H50NO3.BrH/c1-6-8-10-12-14-15-20-30-29-22-23-35(26-27-18-17-19-28(24-27)36-3)32(21-16-13-11-9-7-2)31(29)25-33(37-4)34(30)38-5;/h15,17-20,24-25H,6-14,16,21-23,26H2,1-5H3;1H/q+1;/p-1. The molecule has 39 heavy (non-hydrogen) atoms. The van der Waals surface area contributed by atoms with Crippen LogP contribution in [0.4, 0.5) is 0 Å². The third kappa shape index (κ3) is 9.41. The zero-order valence-corrected chi connectivity index (χ0v) is 26.6. The van der Waals surface area contributed by atoms with Crippen LogP contribution in [0.3, 0.4) is 0 Å². The molecule has 0 N–H and O–H groups in total. The van der Waals surface area contributed by atoms with Crippen LogP contribution in [-0.2, 0) is 13.0 Å². The zero-order chi connectivity index (χ0) is 27.2. The predicted octanol–water partition coefficient (Wildman–Crippen LogP) is 5.62. The van der Waals surface area contributed by atoms with Crippen molar-refractivity contribution in [2.75, 3.05) is 27.9 Å². The molecule has 0 amide bonds. The minimum Gasteiger partial charge on any atom is -1.00 e. The van der Waals surface area contributed by atoms with E-state index >= 15 is 0 Å². The molecule has 0 atom stereocenters. The monoisotopic (exact) mass is 599 g/mol. The fourth-order valence-corrected chi connectivity index (χ4v) is 5.56. The number of benzene rings is 2. The molecule has 0 bridgehead atoms. The van der Waals surface area contributed by atoms with Crippen molar-refractivity contribution < 1.29 is 35.8 Å². The Bertz CT molecular complexity index is 1080. The Labute approximate surface area is 248 Å². The molecule has 5 heteroatoms. The number of methoxy groups -OCH3 is 3. The first-order valence-electron chi connectivity index (χ1n) is 14.8. The molecule has 2 aromatic rings. The fraction of sp³-hybridized carbons (Fsp3) is 0.559. The van der Waals surface area contributed by atoms with Crippen molar-refractivity contribution in [1.29, 1.82) is 0 Å². The second-order valence-electron chi connectivity index (χ2n) is 10.4. The SMILES string of the molecule is CCCCCCC=Cc1c2c(cc(OC)c1OC)C(CCCCCCC)=[N+](Cc1cccc(OC)c1)CC2.[Br-]. The lowest BCUT2D eigenvalue weighted by Gasteiger charge is -2.24. The maximum Gasteiger partial charge on any atom is 0.184 e. The lowest BCUT2D eigenvalue weighted by atomic mass is 9.88. The van der Waals surface area contributed by atoms with Crippen LogP contribution in [0.5, 0.6) is 17.2 Å². The van der Waals surface area contributed by atoms with Crippen molar-refractivity contribution in [3.63, 3.8) is 0 Å². The highest BCUT2D eigenvalue weighted by Gasteiger charge is 2.30. The average molecular weight is 601 g/mol. The van der Waals surface area contributed by atoms with Gasteiger partial charge in [-0.1, -0.05) is 83.1 Å². The van der Waals surface area contributed by atoms with E-state index in [1.807, 2.05) is 6.07 Å². The Morgan fingerprint density at radius 1 is 0.846 bits per heavy atom. The molecule has 0 unspecified atom stereocenters. The Kier molecular flexibility index (Phi) is 15.3. The van der Waals surface area contributed by atoms with Gasteiger partial charge in [0.1, 0.15) is 12.3 Å². The summed E-state index contributed by atoms with van der Waals surface area (Å²) in [5.41, 5.74) is 6.64. The second kappa shape index (κ2) is 18.1. The Balaban J connectivity index is 0.00000533. The smallest absolute Gasteiger partial charge is 0.184 e. The van der Waals surface area contributed by atoms with Gasteiger partial charge >= 0.3 is 0 Å². The van der Waals surface area contributed by atoms with Crippen LogP contribution in [0.1, 0.15) is 107 Å². The van der Waals surface area contributed by atoms with Crippen molar-refractivity contribution >= 4 is 11.8 Å². The Morgan fingerprint density at radius 2 is 1.59 bits per heavy atom. The van der Waals surface area contributed by atoms with Gasteiger partial charge in [0.25, 0.3) is 0 Å². The van der Waals surface area contributed by atoms with E-state index in [-0.39, 0.29) is 17.0 Å². The number of hydrogen-bond donors (Lipinski definition) is 0. The van der Waals surface area contributed by atoms with Crippen molar-refractivity contribution in [1.82, 2.24) is 0 Å². The number of unbranched alkanes of at least 4 members (excludes halogenated alkanes) is 8. The van der Waals surface area contributed by atoms with Crippen LogP contribution in [0.2, 0.25) is 0 Å². The molecule has 3 rings (SSSR count). The number of rotatable bonds is 17. The van der Waals surface area contributed by atoms with Crippen LogP contribution >= 0.6 is 0 Å². The van der Waals surface area contributed by atoms with Gasteiger partial charge in [-0.15, -0.1) is 0 Å². The lowest BCUT2D eigenvalue weighted by Crippen LogP contribution is -3.00. The van der Waals surface area contributed by atoms with Crippen molar-refractivity contribution in [3.8, 4) is 17.2 Å². The van der Waals surface area contributed by atoms with Crippen LogP contribution < -0.4 is 31.2 Å². The maximum absolute atomic E-state index is 5.92. The molecular weight excluding hydrogens is 550 g/mol. The second-order valence-corrected chi connectivity index (χ2v) is 10.4. The Morgan fingerprint density at radius 3 is 2.28 bits per heavy atom. The summed E-state index contributed by atoms with van der Waals surface area (Å²) in [6.07, 6.45) is 19.3.